The average molecular weight is 451 g/mol. The number of fused-ring (bicyclic) bond motifs is 1. The number of hydrogen-bond donors (Lipinski definition) is 0. The number of amides is 1. The van der Waals surface area contributed by atoms with Crippen LogP contribution in [0.5, 0.6) is 0 Å². The molecule has 0 saturated carbocycles. The molecule has 5 heteroatoms. The maximum atomic E-state index is 13.4. The standard InChI is InChI=1S/C29H30N4O/c1-4-24-21(3)30-27(23-12-7-9-20(2)19-23)31-28(24)32-15-17-33(18-16-32)29(34)26-14-8-11-22-10-5-6-13-25(22)26/h5-14,19H,4,15-18H2,1-3H3. The number of piperazine rings is 1. The number of aryl methyl sites for hydroxylation is 2. The zero-order valence-electron chi connectivity index (χ0n) is 20.1. The first-order valence-electron chi connectivity index (χ1n) is 12.0. The van der Waals surface area contributed by atoms with Gasteiger partial charge in [-0.15, -0.1) is 0 Å². The summed E-state index contributed by atoms with van der Waals surface area (Å²) < 4.78 is 0. The Labute approximate surface area is 201 Å². The monoisotopic (exact) mass is 450 g/mol. The van der Waals surface area contributed by atoms with Crippen molar-refractivity contribution >= 4 is 22.5 Å². The minimum atomic E-state index is 0.103. The molecule has 0 bridgehead atoms. The van der Waals surface area contributed by atoms with E-state index < -0.39 is 0 Å². The Morgan fingerprint density at radius 2 is 1.62 bits per heavy atom. The Hall–Kier alpha value is -3.73. The highest BCUT2D eigenvalue weighted by molar-refractivity contribution is 6.07. The molecule has 0 N–H and O–H groups in total. The van der Waals surface area contributed by atoms with Gasteiger partial charge in [-0.1, -0.05) is 67.1 Å². The van der Waals surface area contributed by atoms with E-state index in [9.17, 15) is 4.79 Å². The minimum Gasteiger partial charge on any atom is -0.353 e. The van der Waals surface area contributed by atoms with Gasteiger partial charge in [0.25, 0.3) is 5.91 Å². The van der Waals surface area contributed by atoms with Gasteiger partial charge in [0.2, 0.25) is 0 Å². The van der Waals surface area contributed by atoms with Crippen LogP contribution in [-0.4, -0.2) is 47.0 Å². The summed E-state index contributed by atoms with van der Waals surface area (Å²) in [6.07, 6.45) is 0.879. The second kappa shape index (κ2) is 9.26. The number of aromatic nitrogens is 2. The summed E-state index contributed by atoms with van der Waals surface area (Å²) in [6.45, 7) is 9.18. The molecule has 1 aromatic heterocycles. The lowest BCUT2D eigenvalue weighted by atomic mass is 10.0. The normalized spacial score (nSPS) is 14.0. The van der Waals surface area contributed by atoms with Crippen molar-refractivity contribution in [1.82, 2.24) is 14.9 Å². The van der Waals surface area contributed by atoms with Gasteiger partial charge in [-0.2, -0.15) is 0 Å². The van der Waals surface area contributed by atoms with Crippen molar-refractivity contribution in [3.63, 3.8) is 0 Å². The topological polar surface area (TPSA) is 49.3 Å². The number of carbonyl (C=O) groups excluding carboxylic acids is 1. The lowest BCUT2D eigenvalue weighted by molar-refractivity contribution is 0.0748. The fourth-order valence-electron chi connectivity index (χ4n) is 4.87. The summed E-state index contributed by atoms with van der Waals surface area (Å²) in [5.41, 5.74) is 5.22. The Balaban J connectivity index is 1.39. The largest absolute Gasteiger partial charge is 0.353 e. The van der Waals surface area contributed by atoms with Gasteiger partial charge >= 0.3 is 0 Å². The smallest absolute Gasteiger partial charge is 0.254 e. The predicted octanol–water partition coefficient (Wildman–Crippen LogP) is 5.44. The lowest BCUT2D eigenvalue weighted by Gasteiger charge is -2.36. The highest BCUT2D eigenvalue weighted by Crippen LogP contribution is 2.28. The summed E-state index contributed by atoms with van der Waals surface area (Å²) in [5.74, 6) is 1.87. The first-order valence-corrected chi connectivity index (χ1v) is 12.0. The van der Waals surface area contributed by atoms with Crippen LogP contribution in [0.15, 0.2) is 66.7 Å². The summed E-state index contributed by atoms with van der Waals surface area (Å²) >= 11 is 0. The van der Waals surface area contributed by atoms with Crippen LogP contribution < -0.4 is 4.90 Å². The summed E-state index contributed by atoms with van der Waals surface area (Å²) in [6, 6.07) is 22.4. The maximum absolute atomic E-state index is 13.4. The molecule has 0 spiro atoms. The molecule has 1 aliphatic heterocycles. The molecule has 0 atom stereocenters. The molecule has 3 aromatic carbocycles. The Kier molecular flexibility index (Phi) is 6.01. The molecule has 172 valence electrons. The van der Waals surface area contributed by atoms with Gasteiger partial charge in [0, 0.05) is 48.6 Å². The lowest BCUT2D eigenvalue weighted by Crippen LogP contribution is -2.49. The highest BCUT2D eigenvalue weighted by Gasteiger charge is 2.26. The van der Waals surface area contributed by atoms with Gasteiger partial charge in [0.15, 0.2) is 5.82 Å². The van der Waals surface area contributed by atoms with E-state index in [4.69, 9.17) is 9.97 Å². The van der Waals surface area contributed by atoms with E-state index in [1.54, 1.807) is 0 Å². The summed E-state index contributed by atoms with van der Waals surface area (Å²) in [7, 11) is 0. The third-order valence-corrected chi connectivity index (χ3v) is 6.71. The Morgan fingerprint density at radius 3 is 2.38 bits per heavy atom. The van der Waals surface area contributed by atoms with Gasteiger partial charge in [0.1, 0.15) is 5.82 Å². The van der Waals surface area contributed by atoms with E-state index in [1.807, 2.05) is 35.2 Å². The van der Waals surface area contributed by atoms with Gasteiger partial charge in [0.05, 0.1) is 0 Å². The molecule has 4 aromatic rings. The van der Waals surface area contributed by atoms with Crippen LogP contribution in [0, 0.1) is 13.8 Å². The van der Waals surface area contributed by atoms with Crippen molar-refractivity contribution in [2.45, 2.75) is 27.2 Å². The number of rotatable bonds is 4. The molecular weight excluding hydrogens is 420 g/mol. The molecule has 5 nitrogen and oxygen atoms in total. The third-order valence-electron chi connectivity index (χ3n) is 6.71. The van der Waals surface area contributed by atoms with Crippen LogP contribution in [0.3, 0.4) is 0 Å². The molecule has 1 amide bonds. The molecule has 1 saturated heterocycles. The number of hydrogen-bond acceptors (Lipinski definition) is 4. The third kappa shape index (κ3) is 4.14. The molecule has 1 fully saturated rings. The Morgan fingerprint density at radius 1 is 0.882 bits per heavy atom. The molecule has 34 heavy (non-hydrogen) atoms. The zero-order valence-corrected chi connectivity index (χ0v) is 20.1. The fourth-order valence-corrected chi connectivity index (χ4v) is 4.87. The number of carbonyl (C=O) groups is 1. The van der Waals surface area contributed by atoms with Crippen molar-refractivity contribution in [2.24, 2.45) is 0 Å². The summed E-state index contributed by atoms with van der Waals surface area (Å²) in [5, 5.41) is 2.11. The number of nitrogens with zero attached hydrogens (tertiary/aromatic N) is 4. The SMILES string of the molecule is CCc1c(C)nc(-c2cccc(C)c2)nc1N1CCN(C(=O)c2cccc3ccccc23)CC1. The van der Waals surface area contributed by atoms with Crippen LogP contribution in [0.25, 0.3) is 22.2 Å². The van der Waals surface area contributed by atoms with Gasteiger partial charge in [-0.05, 0) is 43.2 Å². The molecule has 0 unspecified atom stereocenters. The van der Waals surface area contributed by atoms with Crippen LogP contribution in [0.1, 0.15) is 34.1 Å². The van der Waals surface area contributed by atoms with Crippen LogP contribution in [-0.2, 0) is 6.42 Å². The van der Waals surface area contributed by atoms with Crippen LogP contribution in [0.4, 0.5) is 5.82 Å². The van der Waals surface area contributed by atoms with Crippen molar-refractivity contribution in [2.75, 3.05) is 31.1 Å². The number of anilines is 1. The molecular formula is C29H30N4O. The van der Waals surface area contributed by atoms with E-state index in [0.717, 1.165) is 58.7 Å². The average Bonchev–Trinajstić information content (AvgIpc) is 2.87. The second-order valence-corrected chi connectivity index (χ2v) is 8.96. The van der Waals surface area contributed by atoms with Gasteiger partial charge in [-0.3, -0.25) is 4.79 Å². The van der Waals surface area contributed by atoms with Crippen molar-refractivity contribution < 1.29 is 4.79 Å². The van der Waals surface area contributed by atoms with Crippen LogP contribution >= 0.6 is 0 Å². The molecule has 1 aliphatic rings. The first-order chi connectivity index (χ1) is 16.5. The molecule has 0 aliphatic carbocycles. The van der Waals surface area contributed by atoms with E-state index in [-0.39, 0.29) is 5.91 Å². The minimum absolute atomic E-state index is 0.103. The second-order valence-electron chi connectivity index (χ2n) is 8.96. The molecule has 2 heterocycles. The zero-order chi connectivity index (χ0) is 23.7. The van der Waals surface area contributed by atoms with E-state index in [2.05, 4.69) is 62.1 Å². The first kappa shape index (κ1) is 22.1. The predicted molar refractivity (Wildman–Crippen MR) is 138 cm³/mol. The van der Waals surface area contributed by atoms with Gasteiger partial charge in [-0.25, -0.2) is 9.97 Å². The van der Waals surface area contributed by atoms with Crippen molar-refractivity contribution in [3.8, 4) is 11.4 Å². The van der Waals surface area contributed by atoms with Crippen molar-refractivity contribution in [3.05, 3.63) is 89.1 Å². The van der Waals surface area contributed by atoms with E-state index in [1.165, 1.54) is 11.1 Å². The fraction of sp³-hybridized carbons (Fsp3) is 0.276. The van der Waals surface area contributed by atoms with Gasteiger partial charge < -0.3 is 9.80 Å². The van der Waals surface area contributed by atoms with Crippen molar-refractivity contribution in [1.29, 1.82) is 0 Å². The molecule has 5 rings (SSSR count). The highest BCUT2D eigenvalue weighted by atomic mass is 16.2. The summed E-state index contributed by atoms with van der Waals surface area (Å²) in [4.78, 5) is 27.5. The van der Waals surface area contributed by atoms with Crippen LogP contribution in [0.2, 0.25) is 0 Å². The molecule has 0 radical (unpaired) electrons. The van der Waals surface area contributed by atoms with E-state index in [0.29, 0.717) is 13.1 Å². The Bertz CT molecular complexity index is 1350. The quantitative estimate of drug-likeness (QED) is 0.416. The number of benzene rings is 3. The maximum Gasteiger partial charge on any atom is 0.254 e. The van der Waals surface area contributed by atoms with E-state index >= 15 is 0 Å².